The summed E-state index contributed by atoms with van der Waals surface area (Å²) in [7, 11) is 1.79. The van der Waals surface area contributed by atoms with E-state index in [9.17, 15) is 4.79 Å². The summed E-state index contributed by atoms with van der Waals surface area (Å²) >= 11 is 0. The third-order valence-corrected chi connectivity index (χ3v) is 3.99. The van der Waals surface area contributed by atoms with Crippen LogP contribution in [0.3, 0.4) is 0 Å². The fourth-order valence-corrected chi connectivity index (χ4v) is 2.65. The van der Waals surface area contributed by atoms with Crippen LogP contribution in [0.5, 0.6) is 0 Å². The smallest absolute Gasteiger partial charge is 0.248 e. The van der Waals surface area contributed by atoms with Crippen molar-refractivity contribution in [1.29, 1.82) is 0 Å². The van der Waals surface area contributed by atoms with Gasteiger partial charge in [-0.2, -0.15) is 4.98 Å². The van der Waals surface area contributed by atoms with Crippen molar-refractivity contribution >= 4 is 17.7 Å². The van der Waals surface area contributed by atoms with E-state index in [1.165, 1.54) is 0 Å². The Morgan fingerprint density at radius 1 is 1.35 bits per heavy atom. The van der Waals surface area contributed by atoms with Gasteiger partial charge in [0.2, 0.25) is 11.9 Å². The molecule has 0 radical (unpaired) electrons. The fourth-order valence-electron chi connectivity index (χ4n) is 2.65. The molecule has 23 heavy (non-hydrogen) atoms. The van der Waals surface area contributed by atoms with E-state index in [4.69, 9.17) is 9.47 Å². The van der Waals surface area contributed by atoms with Crippen molar-refractivity contribution in [2.75, 3.05) is 63.3 Å². The van der Waals surface area contributed by atoms with E-state index in [1.807, 2.05) is 13.0 Å². The van der Waals surface area contributed by atoms with Gasteiger partial charge >= 0.3 is 0 Å². The van der Waals surface area contributed by atoms with Crippen LogP contribution < -0.4 is 10.2 Å². The summed E-state index contributed by atoms with van der Waals surface area (Å²) in [6.07, 6.45) is -0.0280. The Morgan fingerprint density at radius 2 is 2.13 bits per heavy atom. The molecule has 1 aromatic heterocycles. The third kappa shape index (κ3) is 4.08. The molecule has 0 spiro atoms. The maximum Gasteiger partial charge on any atom is 0.248 e. The molecule has 3 rings (SSSR count). The van der Waals surface area contributed by atoms with Crippen LogP contribution in [0.4, 0.5) is 11.8 Å². The lowest BCUT2D eigenvalue weighted by Crippen LogP contribution is -2.46. The van der Waals surface area contributed by atoms with Gasteiger partial charge in [-0.1, -0.05) is 0 Å². The molecule has 8 heteroatoms. The molecule has 2 saturated heterocycles. The number of aryl methyl sites for hydroxylation is 1. The zero-order chi connectivity index (χ0) is 16.2. The van der Waals surface area contributed by atoms with Crippen molar-refractivity contribution in [3.63, 3.8) is 0 Å². The van der Waals surface area contributed by atoms with Crippen LogP contribution in [0.2, 0.25) is 0 Å². The van der Waals surface area contributed by atoms with E-state index in [-0.39, 0.29) is 18.6 Å². The van der Waals surface area contributed by atoms with E-state index >= 15 is 0 Å². The molecule has 3 heterocycles. The molecular formula is C15H23N5O3. The molecule has 2 fully saturated rings. The summed E-state index contributed by atoms with van der Waals surface area (Å²) in [4.78, 5) is 24.3. The van der Waals surface area contributed by atoms with Crippen molar-refractivity contribution in [3.8, 4) is 0 Å². The Kier molecular flexibility index (Phi) is 4.92. The van der Waals surface area contributed by atoms with Gasteiger partial charge in [0.1, 0.15) is 12.4 Å². The van der Waals surface area contributed by atoms with Gasteiger partial charge in [0, 0.05) is 45.0 Å². The number of hydrogen-bond acceptors (Lipinski definition) is 7. The minimum atomic E-state index is -0.0280. The summed E-state index contributed by atoms with van der Waals surface area (Å²) in [6.45, 7) is 6.32. The number of carbonyl (C=O) groups is 1. The van der Waals surface area contributed by atoms with Gasteiger partial charge in [0.05, 0.1) is 19.3 Å². The van der Waals surface area contributed by atoms with Gasteiger partial charge in [0.25, 0.3) is 0 Å². The predicted molar refractivity (Wildman–Crippen MR) is 85.7 cm³/mol. The Balaban J connectivity index is 1.61. The molecule has 0 saturated carbocycles. The van der Waals surface area contributed by atoms with Crippen LogP contribution in [0, 0.1) is 6.92 Å². The molecule has 0 aromatic carbocycles. The standard InChI is InChI=1S/C15H23N5O3/c1-11-7-13(16-8-12-9-19(2)14(21)10-23-12)18-15(17-11)20-3-5-22-6-4-20/h7,12H,3-6,8-10H2,1-2H3,(H,16,17,18). The highest BCUT2D eigenvalue weighted by Crippen LogP contribution is 2.15. The van der Waals surface area contributed by atoms with E-state index in [1.54, 1.807) is 11.9 Å². The third-order valence-electron chi connectivity index (χ3n) is 3.99. The molecule has 0 aliphatic carbocycles. The maximum absolute atomic E-state index is 11.4. The van der Waals surface area contributed by atoms with Crippen LogP contribution in [0.1, 0.15) is 5.69 Å². The lowest BCUT2D eigenvalue weighted by Gasteiger charge is -2.30. The average molecular weight is 321 g/mol. The number of nitrogens with zero attached hydrogens (tertiary/aromatic N) is 4. The minimum absolute atomic E-state index is 0.0220. The lowest BCUT2D eigenvalue weighted by atomic mass is 10.2. The van der Waals surface area contributed by atoms with E-state index < -0.39 is 0 Å². The van der Waals surface area contributed by atoms with E-state index in [0.29, 0.717) is 26.3 Å². The average Bonchev–Trinajstić information content (AvgIpc) is 2.56. The SMILES string of the molecule is Cc1cc(NCC2CN(C)C(=O)CO2)nc(N2CCOCC2)n1. The number of nitrogens with one attached hydrogen (secondary N) is 1. The molecule has 8 nitrogen and oxygen atoms in total. The molecule has 2 aliphatic heterocycles. The summed E-state index contributed by atoms with van der Waals surface area (Å²) in [5, 5.41) is 3.30. The number of ether oxygens (including phenoxy) is 2. The number of rotatable bonds is 4. The number of morpholine rings is 2. The first-order valence-electron chi connectivity index (χ1n) is 7.89. The number of likely N-dealkylation sites (N-methyl/N-ethyl adjacent to an activating group) is 1. The van der Waals surface area contributed by atoms with Gasteiger partial charge in [-0.15, -0.1) is 0 Å². The normalized spacial score (nSPS) is 22.3. The Morgan fingerprint density at radius 3 is 2.87 bits per heavy atom. The van der Waals surface area contributed by atoms with Crippen LogP contribution in [-0.2, 0) is 14.3 Å². The maximum atomic E-state index is 11.4. The quantitative estimate of drug-likeness (QED) is 0.829. The lowest BCUT2D eigenvalue weighted by molar-refractivity contribution is -0.145. The van der Waals surface area contributed by atoms with E-state index in [2.05, 4.69) is 20.2 Å². The van der Waals surface area contributed by atoms with Crippen LogP contribution in [0.25, 0.3) is 0 Å². The Labute approximate surface area is 135 Å². The molecule has 1 unspecified atom stereocenters. The number of carbonyl (C=O) groups excluding carboxylic acids is 1. The first-order chi connectivity index (χ1) is 11.1. The number of amides is 1. The van der Waals surface area contributed by atoms with Crippen molar-refractivity contribution in [2.45, 2.75) is 13.0 Å². The highest BCUT2D eigenvalue weighted by molar-refractivity contribution is 5.77. The second kappa shape index (κ2) is 7.10. The molecule has 126 valence electrons. The summed E-state index contributed by atoms with van der Waals surface area (Å²) in [5.74, 6) is 1.53. The van der Waals surface area contributed by atoms with Crippen LogP contribution in [-0.4, -0.2) is 79.9 Å². The molecular weight excluding hydrogens is 298 g/mol. The van der Waals surface area contributed by atoms with Crippen molar-refractivity contribution in [2.24, 2.45) is 0 Å². The van der Waals surface area contributed by atoms with Gasteiger partial charge in [-0.25, -0.2) is 4.98 Å². The first kappa shape index (κ1) is 15.9. The molecule has 1 amide bonds. The zero-order valence-corrected chi connectivity index (χ0v) is 13.6. The Hall–Kier alpha value is -1.93. The number of anilines is 2. The molecule has 0 bridgehead atoms. The second-order valence-electron chi connectivity index (χ2n) is 5.88. The van der Waals surface area contributed by atoms with Gasteiger partial charge < -0.3 is 24.6 Å². The highest BCUT2D eigenvalue weighted by Gasteiger charge is 2.23. The molecule has 1 atom stereocenters. The molecule has 1 aromatic rings. The van der Waals surface area contributed by atoms with Crippen molar-refractivity contribution < 1.29 is 14.3 Å². The second-order valence-corrected chi connectivity index (χ2v) is 5.88. The Bertz CT molecular complexity index is 562. The van der Waals surface area contributed by atoms with E-state index in [0.717, 1.165) is 30.5 Å². The fraction of sp³-hybridized carbons (Fsp3) is 0.667. The largest absolute Gasteiger partial charge is 0.378 e. The molecule has 2 aliphatic rings. The van der Waals surface area contributed by atoms with Gasteiger partial charge in [0.15, 0.2) is 0 Å². The van der Waals surface area contributed by atoms with Crippen LogP contribution >= 0.6 is 0 Å². The topological polar surface area (TPSA) is 79.8 Å². The number of hydrogen-bond donors (Lipinski definition) is 1. The monoisotopic (exact) mass is 321 g/mol. The summed E-state index contributed by atoms with van der Waals surface area (Å²) in [6, 6.07) is 1.92. The zero-order valence-electron chi connectivity index (χ0n) is 13.6. The highest BCUT2D eigenvalue weighted by atomic mass is 16.5. The minimum Gasteiger partial charge on any atom is -0.378 e. The van der Waals surface area contributed by atoms with Crippen LogP contribution in [0.15, 0.2) is 6.07 Å². The summed E-state index contributed by atoms with van der Waals surface area (Å²) < 4.78 is 10.9. The van der Waals surface area contributed by atoms with Gasteiger partial charge in [-0.3, -0.25) is 4.79 Å². The predicted octanol–water partition coefficient (Wildman–Crippen LogP) is -0.109. The van der Waals surface area contributed by atoms with Gasteiger partial charge in [-0.05, 0) is 6.92 Å². The first-order valence-corrected chi connectivity index (χ1v) is 7.89. The summed E-state index contributed by atoms with van der Waals surface area (Å²) in [5.41, 5.74) is 0.917. The number of aromatic nitrogens is 2. The van der Waals surface area contributed by atoms with Crippen molar-refractivity contribution in [3.05, 3.63) is 11.8 Å². The molecule has 1 N–H and O–H groups in total. The van der Waals surface area contributed by atoms with Crippen molar-refractivity contribution in [1.82, 2.24) is 14.9 Å².